The Bertz CT molecular complexity index is 324. The van der Waals surface area contributed by atoms with Crippen LogP contribution in [0.3, 0.4) is 0 Å². The van der Waals surface area contributed by atoms with Gasteiger partial charge in [0, 0.05) is 25.0 Å². The average molecular weight is 177 g/mol. The molecular formula is C9H11N3O. The van der Waals surface area contributed by atoms with Gasteiger partial charge in [0.1, 0.15) is 5.75 Å². The fourth-order valence-electron chi connectivity index (χ4n) is 1.29. The zero-order valence-corrected chi connectivity index (χ0v) is 7.40. The van der Waals surface area contributed by atoms with Gasteiger partial charge in [0.25, 0.3) is 0 Å². The molecule has 4 heteroatoms. The normalized spacial score (nSPS) is 19.9. The molecule has 4 nitrogen and oxygen atoms in total. The van der Waals surface area contributed by atoms with Crippen LogP contribution in [0.2, 0.25) is 0 Å². The lowest BCUT2D eigenvalue weighted by molar-refractivity contribution is 0.413. The highest BCUT2D eigenvalue weighted by atomic mass is 16.5. The number of aromatic nitrogens is 1. The number of nitrogens with zero attached hydrogens (tertiary/aromatic N) is 2. The third-order valence-electron chi connectivity index (χ3n) is 2.03. The van der Waals surface area contributed by atoms with E-state index in [1.807, 2.05) is 18.3 Å². The summed E-state index contributed by atoms with van der Waals surface area (Å²) in [6.07, 6.45) is 3.61. The number of rotatable bonds is 2. The minimum absolute atomic E-state index is 0.273. The second-order valence-corrected chi connectivity index (χ2v) is 2.87. The first-order valence-electron chi connectivity index (χ1n) is 4.16. The van der Waals surface area contributed by atoms with Crippen LogP contribution in [0.25, 0.3) is 0 Å². The highest BCUT2D eigenvalue weighted by Crippen LogP contribution is 2.17. The summed E-state index contributed by atoms with van der Waals surface area (Å²) in [7, 11) is 1.65. The molecule has 0 radical (unpaired) electrons. The molecule has 0 amide bonds. The Morgan fingerprint density at radius 2 is 2.54 bits per heavy atom. The summed E-state index contributed by atoms with van der Waals surface area (Å²) < 4.78 is 5.11. The van der Waals surface area contributed by atoms with Crippen molar-refractivity contribution in [3.8, 4) is 5.75 Å². The van der Waals surface area contributed by atoms with Gasteiger partial charge >= 0.3 is 0 Å². The van der Waals surface area contributed by atoms with Gasteiger partial charge in [-0.25, -0.2) is 0 Å². The molecule has 2 rings (SSSR count). The van der Waals surface area contributed by atoms with Crippen LogP contribution in [0.15, 0.2) is 23.4 Å². The number of hydrogen-bond donors (Lipinski definition) is 1. The second kappa shape index (κ2) is 3.43. The first-order valence-corrected chi connectivity index (χ1v) is 4.16. The van der Waals surface area contributed by atoms with Gasteiger partial charge in [0.05, 0.1) is 18.7 Å². The number of pyridine rings is 1. The number of ether oxygens (including phenoxy) is 1. The lowest BCUT2D eigenvalue weighted by Crippen LogP contribution is -2.09. The van der Waals surface area contributed by atoms with Crippen LogP contribution < -0.4 is 10.2 Å². The minimum Gasteiger partial charge on any atom is -0.497 e. The van der Waals surface area contributed by atoms with Crippen molar-refractivity contribution in [1.82, 2.24) is 10.4 Å². The molecular weight excluding hydrogens is 166 g/mol. The van der Waals surface area contributed by atoms with Gasteiger partial charge in [0.15, 0.2) is 0 Å². The minimum atomic E-state index is 0.273. The van der Waals surface area contributed by atoms with Crippen molar-refractivity contribution in [1.29, 1.82) is 0 Å². The van der Waals surface area contributed by atoms with Gasteiger partial charge in [-0.3, -0.25) is 4.98 Å². The predicted molar refractivity (Wildman–Crippen MR) is 50.0 cm³/mol. The van der Waals surface area contributed by atoms with Crippen molar-refractivity contribution < 1.29 is 4.74 Å². The summed E-state index contributed by atoms with van der Waals surface area (Å²) in [4.78, 5) is 4.26. The maximum Gasteiger partial charge on any atom is 0.122 e. The predicted octanol–water partition coefficient (Wildman–Crippen LogP) is 0.763. The molecule has 0 saturated heterocycles. The quantitative estimate of drug-likeness (QED) is 0.725. The van der Waals surface area contributed by atoms with Crippen LogP contribution in [0.4, 0.5) is 0 Å². The summed E-state index contributed by atoms with van der Waals surface area (Å²) in [5, 5.41) is 3.94. The molecule has 0 bridgehead atoms. The molecule has 68 valence electrons. The highest BCUT2D eigenvalue weighted by Gasteiger charge is 2.14. The molecule has 1 N–H and O–H groups in total. The van der Waals surface area contributed by atoms with Gasteiger partial charge in [-0.2, -0.15) is 5.10 Å². The largest absolute Gasteiger partial charge is 0.497 e. The molecule has 2 heterocycles. The Labute approximate surface area is 76.6 Å². The van der Waals surface area contributed by atoms with Crippen molar-refractivity contribution in [2.45, 2.75) is 5.92 Å². The SMILES string of the molecule is COc1ccnc(C2C=NNC2)c1. The average Bonchev–Trinajstić information content (AvgIpc) is 2.71. The first kappa shape index (κ1) is 8.04. The van der Waals surface area contributed by atoms with Crippen molar-refractivity contribution >= 4 is 6.21 Å². The molecule has 13 heavy (non-hydrogen) atoms. The molecule has 1 aromatic heterocycles. The zero-order chi connectivity index (χ0) is 9.10. The Kier molecular flexibility index (Phi) is 2.12. The second-order valence-electron chi connectivity index (χ2n) is 2.87. The number of nitrogens with one attached hydrogen (secondary N) is 1. The first-order chi connectivity index (χ1) is 6.40. The van der Waals surface area contributed by atoms with Crippen LogP contribution >= 0.6 is 0 Å². The smallest absolute Gasteiger partial charge is 0.122 e. The van der Waals surface area contributed by atoms with Crippen molar-refractivity contribution in [2.75, 3.05) is 13.7 Å². The maximum atomic E-state index is 5.11. The number of methoxy groups -OCH3 is 1. The fraction of sp³-hybridized carbons (Fsp3) is 0.333. The molecule has 1 aliphatic rings. The molecule has 0 aliphatic carbocycles. The van der Waals surface area contributed by atoms with E-state index in [4.69, 9.17) is 4.74 Å². The summed E-state index contributed by atoms with van der Waals surface area (Å²) in [6.45, 7) is 0.820. The maximum absolute atomic E-state index is 5.11. The topological polar surface area (TPSA) is 46.5 Å². The monoisotopic (exact) mass is 177 g/mol. The summed E-state index contributed by atoms with van der Waals surface area (Å²) in [5.74, 6) is 1.11. The van der Waals surface area contributed by atoms with Crippen LogP contribution in [-0.2, 0) is 0 Å². The van der Waals surface area contributed by atoms with E-state index in [0.717, 1.165) is 18.0 Å². The Hall–Kier alpha value is -1.58. The Morgan fingerprint density at radius 1 is 1.62 bits per heavy atom. The number of hydrogen-bond acceptors (Lipinski definition) is 4. The Balaban J connectivity index is 2.24. The van der Waals surface area contributed by atoms with E-state index in [0.29, 0.717) is 0 Å². The molecule has 0 aromatic carbocycles. The summed E-state index contributed by atoms with van der Waals surface area (Å²) in [5.41, 5.74) is 3.89. The molecule has 0 spiro atoms. The lowest BCUT2D eigenvalue weighted by Gasteiger charge is -2.06. The van der Waals surface area contributed by atoms with Gasteiger partial charge < -0.3 is 10.2 Å². The van der Waals surface area contributed by atoms with E-state index < -0.39 is 0 Å². The Morgan fingerprint density at radius 3 is 3.23 bits per heavy atom. The van der Waals surface area contributed by atoms with E-state index in [1.165, 1.54) is 0 Å². The van der Waals surface area contributed by atoms with Crippen LogP contribution in [0.1, 0.15) is 11.6 Å². The molecule has 1 atom stereocenters. The van der Waals surface area contributed by atoms with Crippen LogP contribution in [0, 0.1) is 0 Å². The van der Waals surface area contributed by atoms with Crippen LogP contribution in [-0.4, -0.2) is 24.9 Å². The van der Waals surface area contributed by atoms with Crippen molar-refractivity contribution in [3.05, 3.63) is 24.0 Å². The molecule has 1 aromatic rings. The van der Waals surface area contributed by atoms with Crippen molar-refractivity contribution in [2.24, 2.45) is 5.10 Å². The van der Waals surface area contributed by atoms with E-state index in [-0.39, 0.29) is 5.92 Å². The third-order valence-corrected chi connectivity index (χ3v) is 2.03. The molecule has 1 unspecified atom stereocenters. The molecule has 0 saturated carbocycles. The zero-order valence-electron chi connectivity index (χ0n) is 7.40. The van der Waals surface area contributed by atoms with Crippen molar-refractivity contribution in [3.63, 3.8) is 0 Å². The summed E-state index contributed by atoms with van der Waals surface area (Å²) >= 11 is 0. The van der Waals surface area contributed by atoms with E-state index in [1.54, 1.807) is 13.3 Å². The van der Waals surface area contributed by atoms with E-state index in [2.05, 4.69) is 15.5 Å². The highest BCUT2D eigenvalue weighted by molar-refractivity contribution is 5.69. The lowest BCUT2D eigenvalue weighted by atomic mass is 10.1. The van der Waals surface area contributed by atoms with E-state index >= 15 is 0 Å². The molecule has 0 fully saturated rings. The van der Waals surface area contributed by atoms with Gasteiger partial charge in [0.2, 0.25) is 0 Å². The standard InChI is InChI=1S/C9H11N3O/c1-13-8-2-3-10-9(4-8)7-5-11-12-6-7/h2-5,7,12H,6H2,1H3. The van der Waals surface area contributed by atoms with E-state index in [9.17, 15) is 0 Å². The van der Waals surface area contributed by atoms with Gasteiger partial charge in [-0.15, -0.1) is 0 Å². The van der Waals surface area contributed by atoms with Gasteiger partial charge in [-0.05, 0) is 6.07 Å². The van der Waals surface area contributed by atoms with Crippen LogP contribution in [0.5, 0.6) is 5.75 Å². The van der Waals surface area contributed by atoms with Gasteiger partial charge in [-0.1, -0.05) is 0 Å². The third kappa shape index (κ3) is 1.61. The fourth-order valence-corrected chi connectivity index (χ4v) is 1.29. The summed E-state index contributed by atoms with van der Waals surface area (Å²) in [6, 6.07) is 3.77. The molecule has 1 aliphatic heterocycles. The number of hydrazone groups is 1.